The molecular weight excluding hydrogens is 516 g/mol. The van der Waals surface area contributed by atoms with Gasteiger partial charge in [0.15, 0.2) is 6.61 Å². The number of hydrogen-bond acceptors (Lipinski definition) is 4. The Hall–Kier alpha value is -4.17. The van der Waals surface area contributed by atoms with Crippen LogP contribution in [0.15, 0.2) is 61.7 Å². The molecule has 0 aliphatic carbocycles. The first kappa shape index (κ1) is 31.4. The van der Waals surface area contributed by atoms with Crippen LogP contribution in [0.3, 0.4) is 0 Å². The topological polar surface area (TPSA) is 82.3 Å². The zero-order valence-electron chi connectivity index (χ0n) is 25.3. The van der Waals surface area contributed by atoms with E-state index in [9.17, 15) is 14.4 Å². The van der Waals surface area contributed by atoms with Crippen molar-refractivity contribution in [3.05, 3.63) is 101 Å². The lowest BCUT2D eigenvalue weighted by Gasteiger charge is -2.29. The average molecular weight is 560 g/mol. The van der Waals surface area contributed by atoms with Crippen molar-refractivity contribution in [2.24, 2.45) is 0 Å². The fraction of sp³-hybridized carbons (Fsp3) is 0.364. The Bertz CT molecular complexity index is 1460. The summed E-state index contributed by atoms with van der Waals surface area (Å²) in [5.41, 5.74) is 5.49. The van der Waals surface area contributed by atoms with Gasteiger partial charge in [0.25, 0.3) is 5.91 Å². The van der Waals surface area contributed by atoms with Gasteiger partial charge in [-0.3, -0.25) is 14.4 Å². The summed E-state index contributed by atoms with van der Waals surface area (Å²) in [6, 6.07) is 10.7. The highest BCUT2D eigenvalue weighted by molar-refractivity contribution is 6.00. The lowest BCUT2D eigenvalue weighted by Crippen LogP contribution is -2.48. The van der Waals surface area contributed by atoms with Gasteiger partial charge in [0, 0.05) is 47.0 Å². The molecule has 0 unspecified atom stereocenters. The van der Waals surface area contributed by atoms with Gasteiger partial charge in [-0.1, -0.05) is 24.3 Å². The van der Waals surface area contributed by atoms with E-state index in [1.165, 1.54) is 0 Å². The summed E-state index contributed by atoms with van der Waals surface area (Å²) in [4.78, 5) is 39.1. The van der Waals surface area contributed by atoms with Crippen molar-refractivity contribution < 1.29 is 23.6 Å². The molecule has 1 aromatic carbocycles. The van der Waals surface area contributed by atoms with Crippen LogP contribution in [0, 0.1) is 27.7 Å². The number of amides is 1. The first-order chi connectivity index (χ1) is 19.4. The molecule has 0 fully saturated rings. The number of likely N-dealkylation sites (N-methyl/N-ethyl adjacent to an activating group) is 1. The molecule has 3 rings (SSSR count). The number of ether oxygens (including phenoxy) is 1. The molecule has 0 radical (unpaired) electrons. The number of hydrogen-bond donors (Lipinski definition) is 1. The molecule has 0 bridgehead atoms. The number of ketones is 2. The predicted molar refractivity (Wildman–Crippen MR) is 163 cm³/mol. The van der Waals surface area contributed by atoms with Crippen LogP contribution in [0.25, 0.3) is 0 Å². The van der Waals surface area contributed by atoms with Gasteiger partial charge in [0.05, 0.1) is 32.7 Å². The Balaban J connectivity index is 1.58. The van der Waals surface area contributed by atoms with Crippen LogP contribution in [0.5, 0.6) is 5.75 Å². The standard InChI is InChI=1S/C33H42N4O4/c1-9-16-35-23(3)19-28(25(35)5)30(38)21-37(7,8)18-15-34-33(40)27-13-11-12-14-32(27)41-22-31(39)29-20-24(4)36(17-10-2)26(29)6/h9-14,19-20H,1-2,15-18,21-22H2,3-8H3/p+1. The molecule has 1 N–H and O–H groups in total. The molecule has 0 aliphatic heterocycles. The Kier molecular flexibility index (Phi) is 10.3. The number of carbonyl (C=O) groups is 3. The van der Waals surface area contributed by atoms with Crippen LogP contribution in [-0.2, 0) is 13.1 Å². The number of nitrogens with zero attached hydrogens (tertiary/aromatic N) is 3. The number of aromatic nitrogens is 2. The van der Waals surface area contributed by atoms with E-state index in [2.05, 4.69) is 23.0 Å². The molecule has 2 heterocycles. The fourth-order valence-corrected chi connectivity index (χ4v) is 5.11. The quantitative estimate of drug-likeness (QED) is 0.164. The summed E-state index contributed by atoms with van der Waals surface area (Å²) >= 11 is 0. The number of allylic oxidation sites excluding steroid dienone is 2. The minimum absolute atomic E-state index is 0.0680. The molecular formula is C33H43N4O4+. The van der Waals surface area contributed by atoms with Gasteiger partial charge in [-0.05, 0) is 52.0 Å². The van der Waals surface area contributed by atoms with Gasteiger partial charge < -0.3 is 23.7 Å². The average Bonchev–Trinajstić information content (AvgIpc) is 3.37. The van der Waals surface area contributed by atoms with Gasteiger partial charge in [-0.25, -0.2) is 0 Å². The van der Waals surface area contributed by atoms with Crippen LogP contribution >= 0.6 is 0 Å². The maximum Gasteiger partial charge on any atom is 0.255 e. The van der Waals surface area contributed by atoms with E-state index in [0.29, 0.717) is 54.1 Å². The first-order valence-electron chi connectivity index (χ1n) is 13.8. The number of benzene rings is 1. The maximum absolute atomic E-state index is 13.1. The summed E-state index contributed by atoms with van der Waals surface area (Å²) in [5, 5.41) is 2.94. The summed E-state index contributed by atoms with van der Waals surface area (Å²) in [6.45, 7) is 17.7. The number of rotatable bonds is 15. The molecule has 0 saturated heterocycles. The van der Waals surface area contributed by atoms with Crippen LogP contribution in [0.4, 0.5) is 0 Å². The Labute approximate surface area is 243 Å². The minimum atomic E-state index is -0.295. The van der Waals surface area contributed by atoms with Crippen molar-refractivity contribution in [1.29, 1.82) is 0 Å². The van der Waals surface area contributed by atoms with Crippen molar-refractivity contribution in [2.45, 2.75) is 40.8 Å². The van der Waals surface area contributed by atoms with Gasteiger partial charge in [0.1, 0.15) is 12.3 Å². The number of nitrogens with one attached hydrogen (secondary N) is 1. The lowest BCUT2D eigenvalue weighted by molar-refractivity contribution is -0.880. The second-order valence-electron chi connectivity index (χ2n) is 11.1. The summed E-state index contributed by atoms with van der Waals surface area (Å²) in [5.74, 6) is -0.0374. The van der Waals surface area contributed by atoms with E-state index in [4.69, 9.17) is 4.74 Å². The largest absolute Gasteiger partial charge is 0.485 e. The van der Waals surface area contributed by atoms with Crippen LogP contribution in [0.2, 0.25) is 0 Å². The van der Waals surface area contributed by atoms with E-state index in [1.807, 2.05) is 64.6 Å². The lowest BCUT2D eigenvalue weighted by atomic mass is 10.1. The molecule has 0 saturated carbocycles. The van der Waals surface area contributed by atoms with Crippen molar-refractivity contribution in [2.75, 3.05) is 40.3 Å². The number of para-hydroxylation sites is 1. The molecule has 0 atom stereocenters. The Morgan fingerprint density at radius 1 is 0.854 bits per heavy atom. The van der Waals surface area contributed by atoms with Crippen LogP contribution in [-0.4, -0.2) is 71.4 Å². The van der Waals surface area contributed by atoms with Crippen molar-refractivity contribution in [3.63, 3.8) is 0 Å². The summed E-state index contributed by atoms with van der Waals surface area (Å²) in [7, 11) is 3.95. The number of Topliss-reactive ketones (excluding diaryl/α,β-unsaturated/α-hetero) is 2. The van der Waals surface area contributed by atoms with Crippen LogP contribution < -0.4 is 10.1 Å². The molecule has 0 spiro atoms. The molecule has 3 aromatic rings. The van der Waals surface area contributed by atoms with E-state index in [-0.39, 0.29) is 24.1 Å². The summed E-state index contributed by atoms with van der Waals surface area (Å²) < 4.78 is 10.4. The van der Waals surface area contributed by atoms with E-state index in [1.54, 1.807) is 30.3 Å². The van der Waals surface area contributed by atoms with E-state index in [0.717, 1.165) is 28.3 Å². The van der Waals surface area contributed by atoms with Gasteiger partial charge in [0.2, 0.25) is 11.6 Å². The zero-order valence-corrected chi connectivity index (χ0v) is 25.3. The molecule has 218 valence electrons. The SMILES string of the molecule is C=CCn1c(C)cc(C(=O)COc2ccccc2C(=O)NCC[N+](C)(C)CC(=O)c2cc(C)n(CC=C)c2C)c1C. The molecule has 8 nitrogen and oxygen atoms in total. The normalized spacial score (nSPS) is 11.3. The van der Waals surface area contributed by atoms with Gasteiger partial charge in [-0.2, -0.15) is 0 Å². The van der Waals surface area contributed by atoms with Gasteiger partial charge >= 0.3 is 0 Å². The second-order valence-corrected chi connectivity index (χ2v) is 11.1. The Morgan fingerprint density at radius 3 is 1.95 bits per heavy atom. The van der Waals surface area contributed by atoms with E-state index >= 15 is 0 Å². The molecule has 8 heteroatoms. The second kappa shape index (κ2) is 13.5. The monoisotopic (exact) mass is 559 g/mol. The van der Waals surface area contributed by atoms with Gasteiger partial charge in [-0.15, -0.1) is 13.2 Å². The summed E-state index contributed by atoms with van der Waals surface area (Å²) in [6.07, 6.45) is 3.62. The van der Waals surface area contributed by atoms with Crippen molar-refractivity contribution in [1.82, 2.24) is 14.5 Å². The number of carbonyl (C=O) groups excluding carboxylic acids is 3. The van der Waals surface area contributed by atoms with Crippen molar-refractivity contribution in [3.8, 4) is 5.75 Å². The highest BCUT2D eigenvalue weighted by Gasteiger charge is 2.25. The minimum Gasteiger partial charge on any atom is -0.485 e. The predicted octanol–water partition coefficient (Wildman–Crippen LogP) is 4.85. The maximum atomic E-state index is 13.1. The zero-order chi connectivity index (χ0) is 30.3. The smallest absolute Gasteiger partial charge is 0.255 e. The fourth-order valence-electron chi connectivity index (χ4n) is 5.11. The molecule has 41 heavy (non-hydrogen) atoms. The third-order valence-corrected chi connectivity index (χ3v) is 7.44. The number of aryl methyl sites for hydroxylation is 2. The highest BCUT2D eigenvalue weighted by atomic mass is 16.5. The third kappa shape index (κ3) is 7.52. The molecule has 2 aromatic heterocycles. The Morgan fingerprint density at radius 2 is 1.39 bits per heavy atom. The first-order valence-corrected chi connectivity index (χ1v) is 13.8. The molecule has 1 amide bonds. The van der Waals surface area contributed by atoms with Crippen molar-refractivity contribution >= 4 is 17.5 Å². The van der Waals surface area contributed by atoms with E-state index < -0.39 is 0 Å². The third-order valence-electron chi connectivity index (χ3n) is 7.44. The molecule has 0 aliphatic rings. The van der Waals surface area contributed by atoms with Crippen LogP contribution in [0.1, 0.15) is 53.8 Å². The highest BCUT2D eigenvalue weighted by Crippen LogP contribution is 2.21. The number of quaternary nitrogens is 1.